The Balaban J connectivity index is 3.06. The van der Waals surface area contributed by atoms with E-state index < -0.39 is 0 Å². The molecule has 0 aliphatic heterocycles. The van der Waals surface area contributed by atoms with Gasteiger partial charge in [-0.1, -0.05) is 44.1 Å². The van der Waals surface area contributed by atoms with Crippen LogP contribution in [0.2, 0.25) is 0 Å². The molecule has 1 aliphatic carbocycles. The fourth-order valence-electron chi connectivity index (χ4n) is 2.51. The van der Waals surface area contributed by atoms with Gasteiger partial charge in [-0.15, -0.1) is 6.58 Å². The van der Waals surface area contributed by atoms with Gasteiger partial charge in [0.15, 0.2) is 0 Å². The molecule has 0 radical (unpaired) electrons. The summed E-state index contributed by atoms with van der Waals surface area (Å²) in [6, 6.07) is 0. The van der Waals surface area contributed by atoms with Crippen LogP contribution in [0.3, 0.4) is 0 Å². The first-order valence-corrected chi connectivity index (χ1v) is 6.39. The molecule has 0 spiro atoms. The van der Waals surface area contributed by atoms with E-state index in [-0.39, 0.29) is 0 Å². The normalized spacial score (nSPS) is 23.2. The van der Waals surface area contributed by atoms with Crippen molar-refractivity contribution in [2.75, 3.05) is 0 Å². The lowest BCUT2D eigenvalue weighted by Gasteiger charge is -2.33. The van der Waals surface area contributed by atoms with Crippen molar-refractivity contribution in [2.45, 2.75) is 53.9 Å². The van der Waals surface area contributed by atoms with Gasteiger partial charge in [-0.25, -0.2) is 0 Å². The monoisotopic (exact) mass is 218 g/mol. The lowest BCUT2D eigenvalue weighted by Crippen LogP contribution is -2.19. The third-order valence-corrected chi connectivity index (χ3v) is 3.99. The maximum absolute atomic E-state index is 3.87. The van der Waals surface area contributed by atoms with Crippen LogP contribution in [0.25, 0.3) is 0 Å². The Kier molecular flexibility index (Phi) is 4.18. The molecule has 0 aromatic rings. The first kappa shape index (κ1) is 13.3. The molecule has 0 nitrogen and oxygen atoms in total. The molecule has 0 fully saturated rings. The Hall–Kier alpha value is -0.780. The summed E-state index contributed by atoms with van der Waals surface area (Å²) in [7, 11) is 0. The van der Waals surface area contributed by atoms with Crippen LogP contribution in [-0.4, -0.2) is 0 Å². The molecule has 90 valence electrons. The maximum atomic E-state index is 3.87. The summed E-state index contributed by atoms with van der Waals surface area (Å²) in [5.74, 6) is 0.484. The van der Waals surface area contributed by atoms with Crippen LogP contribution in [0, 0.1) is 11.3 Å². The lowest BCUT2D eigenvalue weighted by molar-refractivity contribution is 0.376. The zero-order chi connectivity index (χ0) is 12.3. The lowest BCUT2D eigenvalue weighted by atomic mass is 9.72. The van der Waals surface area contributed by atoms with Crippen molar-refractivity contribution in [3.05, 3.63) is 35.5 Å². The van der Waals surface area contributed by atoms with Crippen molar-refractivity contribution in [3.8, 4) is 0 Å². The van der Waals surface area contributed by atoms with Gasteiger partial charge in [-0.05, 0) is 50.0 Å². The highest BCUT2D eigenvalue weighted by molar-refractivity contribution is 5.35. The third kappa shape index (κ3) is 2.87. The van der Waals surface area contributed by atoms with Crippen molar-refractivity contribution in [1.29, 1.82) is 0 Å². The molecular weight excluding hydrogens is 192 g/mol. The van der Waals surface area contributed by atoms with E-state index in [0.29, 0.717) is 11.3 Å². The van der Waals surface area contributed by atoms with Crippen LogP contribution in [0.1, 0.15) is 53.9 Å². The first-order chi connectivity index (χ1) is 7.38. The van der Waals surface area contributed by atoms with E-state index in [1.165, 1.54) is 24.8 Å². The average Bonchev–Trinajstić information content (AvgIpc) is 2.21. The predicted octanol–water partition coefficient (Wildman–Crippen LogP) is 5.28. The quantitative estimate of drug-likeness (QED) is 0.565. The summed E-state index contributed by atoms with van der Waals surface area (Å²) in [6.45, 7) is 15.3. The Morgan fingerprint density at radius 2 is 2.06 bits per heavy atom. The molecule has 1 atom stereocenters. The minimum atomic E-state index is 0.352. The second-order valence-electron chi connectivity index (χ2n) is 5.84. The van der Waals surface area contributed by atoms with Crippen LogP contribution in [0.5, 0.6) is 0 Å². The second kappa shape index (κ2) is 5.03. The standard InChI is InChI=1S/C16H26/c1-7-12(2)14(4)11-15-13(3)9-8-10-16(15,5)6/h7,11-12H,1,8-10H2,2-6H3/b14-11+. The van der Waals surface area contributed by atoms with Gasteiger partial charge in [0, 0.05) is 0 Å². The zero-order valence-corrected chi connectivity index (χ0v) is 11.6. The molecule has 0 saturated heterocycles. The summed E-state index contributed by atoms with van der Waals surface area (Å²) in [5, 5.41) is 0. The smallest absolute Gasteiger partial charge is 0.00539 e. The van der Waals surface area contributed by atoms with Gasteiger partial charge in [0.05, 0.1) is 0 Å². The highest BCUT2D eigenvalue weighted by Crippen LogP contribution is 2.41. The van der Waals surface area contributed by atoms with Crippen molar-refractivity contribution < 1.29 is 0 Å². The minimum Gasteiger partial charge on any atom is -0.102 e. The van der Waals surface area contributed by atoms with Crippen LogP contribution in [-0.2, 0) is 0 Å². The molecule has 0 aromatic heterocycles. The zero-order valence-electron chi connectivity index (χ0n) is 11.6. The molecule has 1 aliphatic rings. The van der Waals surface area contributed by atoms with Crippen molar-refractivity contribution in [2.24, 2.45) is 11.3 Å². The Morgan fingerprint density at radius 1 is 1.44 bits per heavy atom. The molecule has 1 unspecified atom stereocenters. The fourth-order valence-corrected chi connectivity index (χ4v) is 2.51. The van der Waals surface area contributed by atoms with E-state index in [2.05, 4.69) is 47.3 Å². The van der Waals surface area contributed by atoms with Gasteiger partial charge in [0.2, 0.25) is 0 Å². The Bertz CT molecular complexity index is 326. The molecule has 0 N–H and O–H groups in total. The van der Waals surface area contributed by atoms with Crippen molar-refractivity contribution in [3.63, 3.8) is 0 Å². The van der Waals surface area contributed by atoms with E-state index in [1.54, 1.807) is 11.1 Å². The van der Waals surface area contributed by atoms with E-state index in [4.69, 9.17) is 0 Å². The highest BCUT2D eigenvalue weighted by atomic mass is 14.3. The minimum absolute atomic E-state index is 0.352. The molecule has 0 saturated carbocycles. The average molecular weight is 218 g/mol. The largest absolute Gasteiger partial charge is 0.102 e. The number of allylic oxidation sites excluding steroid dienone is 5. The molecule has 0 amide bonds. The molecular formula is C16H26. The topological polar surface area (TPSA) is 0 Å². The number of rotatable bonds is 3. The van der Waals surface area contributed by atoms with E-state index in [1.807, 2.05) is 6.08 Å². The third-order valence-electron chi connectivity index (χ3n) is 3.99. The summed E-state index contributed by atoms with van der Waals surface area (Å²) < 4.78 is 0. The predicted molar refractivity (Wildman–Crippen MR) is 73.5 cm³/mol. The fraction of sp³-hybridized carbons (Fsp3) is 0.625. The second-order valence-corrected chi connectivity index (χ2v) is 5.84. The summed E-state index contributed by atoms with van der Waals surface area (Å²) in [4.78, 5) is 0. The van der Waals surface area contributed by atoms with Gasteiger partial charge in [-0.2, -0.15) is 0 Å². The summed E-state index contributed by atoms with van der Waals surface area (Å²) in [5.41, 5.74) is 4.92. The van der Waals surface area contributed by atoms with Crippen LogP contribution >= 0.6 is 0 Å². The molecule has 0 bridgehead atoms. The molecule has 0 heterocycles. The molecule has 16 heavy (non-hydrogen) atoms. The Labute approximate surface area is 101 Å². The Morgan fingerprint density at radius 3 is 2.56 bits per heavy atom. The SMILES string of the molecule is C=CC(C)/C(C)=C/C1=C(C)CCCC1(C)C. The van der Waals surface area contributed by atoms with Crippen LogP contribution in [0.15, 0.2) is 35.5 Å². The first-order valence-electron chi connectivity index (χ1n) is 6.39. The van der Waals surface area contributed by atoms with Gasteiger partial charge in [-0.3, -0.25) is 0 Å². The highest BCUT2D eigenvalue weighted by Gasteiger charge is 2.26. The van der Waals surface area contributed by atoms with Crippen LogP contribution < -0.4 is 0 Å². The van der Waals surface area contributed by atoms with Gasteiger partial charge in [0.25, 0.3) is 0 Å². The van der Waals surface area contributed by atoms with Crippen molar-refractivity contribution >= 4 is 0 Å². The van der Waals surface area contributed by atoms with Crippen LogP contribution in [0.4, 0.5) is 0 Å². The molecule has 1 rings (SSSR count). The maximum Gasteiger partial charge on any atom is -0.00539 e. The van der Waals surface area contributed by atoms with E-state index in [0.717, 1.165) is 0 Å². The van der Waals surface area contributed by atoms with E-state index >= 15 is 0 Å². The van der Waals surface area contributed by atoms with Crippen molar-refractivity contribution in [1.82, 2.24) is 0 Å². The summed E-state index contributed by atoms with van der Waals surface area (Å²) >= 11 is 0. The summed E-state index contributed by atoms with van der Waals surface area (Å²) in [6.07, 6.45) is 8.35. The van der Waals surface area contributed by atoms with Gasteiger partial charge < -0.3 is 0 Å². The van der Waals surface area contributed by atoms with E-state index in [9.17, 15) is 0 Å². The number of hydrogen-bond donors (Lipinski definition) is 0. The molecule has 0 heteroatoms. The number of hydrogen-bond acceptors (Lipinski definition) is 0. The molecule has 0 aromatic carbocycles. The van der Waals surface area contributed by atoms with Gasteiger partial charge >= 0.3 is 0 Å². The van der Waals surface area contributed by atoms with Gasteiger partial charge in [0.1, 0.15) is 0 Å².